The van der Waals surface area contributed by atoms with E-state index >= 15 is 0 Å². The van der Waals surface area contributed by atoms with Crippen molar-refractivity contribution in [2.75, 3.05) is 9.80 Å². The van der Waals surface area contributed by atoms with Crippen LogP contribution in [-0.2, 0) is 0 Å². The predicted molar refractivity (Wildman–Crippen MR) is 231 cm³/mol. The highest BCUT2D eigenvalue weighted by molar-refractivity contribution is 6.15. The maximum Gasteiger partial charge on any atom is 0.159 e. The third-order valence-corrected chi connectivity index (χ3v) is 10.4. The van der Waals surface area contributed by atoms with Gasteiger partial charge in [0.25, 0.3) is 0 Å². The van der Waals surface area contributed by atoms with Crippen LogP contribution in [0.5, 0.6) is 0 Å². The molecular formula is C52H36N2O. The number of rotatable bonds is 8. The van der Waals surface area contributed by atoms with Gasteiger partial charge >= 0.3 is 0 Å². The zero-order valence-electron chi connectivity index (χ0n) is 30.1. The fourth-order valence-electron chi connectivity index (χ4n) is 7.72. The van der Waals surface area contributed by atoms with Gasteiger partial charge in [0.2, 0.25) is 0 Å². The lowest BCUT2D eigenvalue weighted by Crippen LogP contribution is -2.13. The molecule has 0 aliphatic rings. The predicted octanol–water partition coefficient (Wildman–Crippen LogP) is 15.0. The molecule has 55 heavy (non-hydrogen) atoms. The van der Waals surface area contributed by atoms with E-state index in [1.54, 1.807) is 0 Å². The summed E-state index contributed by atoms with van der Waals surface area (Å²) in [6.07, 6.45) is 0. The second kappa shape index (κ2) is 13.9. The van der Waals surface area contributed by atoms with Crippen molar-refractivity contribution >= 4 is 66.8 Å². The van der Waals surface area contributed by atoms with Gasteiger partial charge in [-0.25, -0.2) is 0 Å². The molecule has 0 saturated heterocycles. The number of hydrogen-bond acceptors (Lipinski definition) is 3. The van der Waals surface area contributed by atoms with E-state index in [2.05, 4.69) is 228 Å². The summed E-state index contributed by atoms with van der Waals surface area (Å²) in [5.74, 6) is 0. The van der Waals surface area contributed by atoms with Crippen molar-refractivity contribution in [2.45, 2.75) is 0 Å². The van der Waals surface area contributed by atoms with Crippen LogP contribution in [0, 0.1) is 0 Å². The van der Waals surface area contributed by atoms with Gasteiger partial charge in [-0.1, -0.05) is 146 Å². The zero-order valence-corrected chi connectivity index (χ0v) is 30.1. The molecule has 0 saturated carbocycles. The highest BCUT2D eigenvalue weighted by Gasteiger charge is 2.24. The van der Waals surface area contributed by atoms with Gasteiger partial charge in [0, 0.05) is 39.2 Å². The van der Waals surface area contributed by atoms with Crippen LogP contribution in [0.1, 0.15) is 0 Å². The summed E-state index contributed by atoms with van der Waals surface area (Å²) >= 11 is 0. The van der Waals surface area contributed by atoms with Gasteiger partial charge in [0.1, 0.15) is 5.58 Å². The number of para-hydroxylation sites is 2. The second-order valence-corrected chi connectivity index (χ2v) is 13.8. The molecule has 9 aromatic carbocycles. The Morgan fingerprint density at radius 3 is 1.25 bits per heavy atom. The Morgan fingerprint density at radius 2 is 0.709 bits per heavy atom. The summed E-state index contributed by atoms with van der Waals surface area (Å²) in [5, 5.41) is 4.46. The van der Waals surface area contributed by atoms with Gasteiger partial charge in [-0.15, -0.1) is 0 Å². The van der Waals surface area contributed by atoms with Gasteiger partial charge in [-0.3, -0.25) is 0 Å². The van der Waals surface area contributed by atoms with Crippen LogP contribution in [0.15, 0.2) is 223 Å². The third-order valence-electron chi connectivity index (χ3n) is 10.4. The SMILES string of the molecule is c1ccc(-c2ccc(N(c3ccccc3)c3cc(N(c4ccccc4)c4ccc(-c5ccccc5)cc4)c4oc5cc6ccccc6cc5c4c3)cc2)cc1. The van der Waals surface area contributed by atoms with Crippen LogP contribution in [0.2, 0.25) is 0 Å². The summed E-state index contributed by atoms with van der Waals surface area (Å²) < 4.78 is 6.96. The topological polar surface area (TPSA) is 19.6 Å². The van der Waals surface area contributed by atoms with E-state index in [1.807, 2.05) is 0 Å². The number of benzene rings is 9. The van der Waals surface area contributed by atoms with Gasteiger partial charge in [0.05, 0.1) is 5.69 Å². The smallest absolute Gasteiger partial charge is 0.159 e. The Hall–Kier alpha value is -7.36. The molecule has 0 unspecified atom stereocenters. The Labute approximate surface area is 320 Å². The first-order valence-corrected chi connectivity index (χ1v) is 18.7. The summed E-state index contributed by atoms with van der Waals surface area (Å²) in [7, 11) is 0. The monoisotopic (exact) mass is 704 g/mol. The summed E-state index contributed by atoms with van der Waals surface area (Å²) in [6, 6.07) is 77.5. The number of anilines is 6. The zero-order chi connectivity index (χ0) is 36.6. The molecule has 0 fully saturated rings. The van der Waals surface area contributed by atoms with Gasteiger partial charge < -0.3 is 14.2 Å². The molecule has 3 heteroatoms. The molecule has 0 spiro atoms. The highest BCUT2D eigenvalue weighted by atomic mass is 16.3. The fraction of sp³-hybridized carbons (Fsp3) is 0. The molecule has 0 amide bonds. The van der Waals surface area contributed by atoms with E-state index in [4.69, 9.17) is 4.42 Å². The highest BCUT2D eigenvalue weighted by Crippen LogP contribution is 2.47. The Bertz CT molecular complexity index is 2890. The minimum Gasteiger partial charge on any atom is -0.454 e. The quantitative estimate of drug-likeness (QED) is 0.157. The van der Waals surface area contributed by atoms with Crippen molar-refractivity contribution in [2.24, 2.45) is 0 Å². The van der Waals surface area contributed by atoms with Crippen molar-refractivity contribution < 1.29 is 4.42 Å². The standard InChI is InChI=1S/C52H36N2O/c1-5-15-37(16-6-1)39-25-29-45(30-26-39)53(43-21-9-3-10-22-43)47-35-49-48-33-41-19-13-14-20-42(41)34-51(48)55-52(49)50(36-47)54(44-23-11-4-12-24-44)46-31-27-40(28-32-46)38-17-7-2-8-18-38/h1-36H. The number of furan rings is 1. The van der Waals surface area contributed by atoms with Crippen LogP contribution in [-0.4, -0.2) is 0 Å². The molecule has 0 atom stereocenters. The maximum absolute atomic E-state index is 6.96. The van der Waals surface area contributed by atoms with Crippen molar-refractivity contribution in [3.05, 3.63) is 218 Å². The second-order valence-electron chi connectivity index (χ2n) is 13.8. The van der Waals surface area contributed by atoms with Gasteiger partial charge in [0.15, 0.2) is 5.58 Å². The normalized spacial score (nSPS) is 11.3. The lowest BCUT2D eigenvalue weighted by molar-refractivity contribution is 0.669. The molecule has 1 aromatic heterocycles. The van der Waals surface area contributed by atoms with E-state index in [0.717, 1.165) is 61.4 Å². The molecule has 10 rings (SSSR count). The van der Waals surface area contributed by atoms with Crippen LogP contribution < -0.4 is 9.80 Å². The Balaban J connectivity index is 1.23. The van der Waals surface area contributed by atoms with Crippen molar-refractivity contribution in [3.8, 4) is 22.3 Å². The maximum atomic E-state index is 6.96. The largest absolute Gasteiger partial charge is 0.454 e. The molecule has 0 aliphatic carbocycles. The number of fused-ring (bicyclic) bond motifs is 4. The molecule has 10 aromatic rings. The van der Waals surface area contributed by atoms with Crippen molar-refractivity contribution in [1.29, 1.82) is 0 Å². The minimum absolute atomic E-state index is 0.831. The van der Waals surface area contributed by atoms with Crippen molar-refractivity contribution in [3.63, 3.8) is 0 Å². The molecule has 0 radical (unpaired) electrons. The van der Waals surface area contributed by atoms with E-state index < -0.39 is 0 Å². The summed E-state index contributed by atoms with van der Waals surface area (Å²) in [5.41, 5.74) is 12.6. The van der Waals surface area contributed by atoms with Crippen LogP contribution in [0.3, 0.4) is 0 Å². The van der Waals surface area contributed by atoms with Crippen LogP contribution in [0.25, 0.3) is 55.0 Å². The summed E-state index contributed by atoms with van der Waals surface area (Å²) in [4.78, 5) is 4.67. The van der Waals surface area contributed by atoms with E-state index in [1.165, 1.54) is 27.6 Å². The van der Waals surface area contributed by atoms with Gasteiger partial charge in [-0.05, 0) is 106 Å². The van der Waals surface area contributed by atoms with Gasteiger partial charge in [-0.2, -0.15) is 0 Å². The third kappa shape index (κ3) is 6.08. The molecule has 3 nitrogen and oxygen atoms in total. The Kier molecular flexibility index (Phi) is 8.16. The molecule has 0 aliphatic heterocycles. The van der Waals surface area contributed by atoms with E-state index in [-0.39, 0.29) is 0 Å². The molecule has 0 bridgehead atoms. The molecule has 1 heterocycles. The average molecular weight is 705 g/mol. The minimum atomic E-state index is 0.831. The Morgan fingerprint density at radius 1 is 0.291 bits per heavy atom. The molecule has 0 N–H and O–H groups in total. The number of nitrogens with zero attached hydrogens (tertiary/aromatic N) is 2. The first-order chi connectivity index (χ1) is 27.3. The van der Waals surface area contributed by atoms with Crippen molar-refractivity contribution in [1.82, 2.24) is 0 Å². The molecular weight excluding hydrogens is 669 g/mol. The van der Waals surface area contributed by atoms with Crippen LogP contribution in [0.4, 0.5) is 34.1 Å². The lowest BCUT2D eigenvalue weighted by Gasteiger charge is -2.29. The van der Waals surface area contributed by atoms with E-state index in [0.29, 0.717) is 0 Å². The number of hydrogen-bond donors (Lipinski definition) is 0. The van der Waals surface area contributed by atoms with E-state index in [9.17, 15) is 0 Å². The lowest BCUT2D eigenvalue weighted by atomic mass is 10.0. The van der Waals surface area contributed by atoms with Crippen LogP contribution >= 0.6 is 0 Å². The first kappa shape index (κ1) is 32.3. The first-order valence-electron chi connectivity index (χ1n) is 18.7. The fourth-order valence-corrected chi connectivity index (χ4v) is 7.72. The molecule has 260 valence electrons. The average Bonchev–Trinajstić information content (AvgIpc) is 3.62. The summed E-state index contributed by atoms with van der Waals surface area (Å²) in [6.45, 7) is 0.